The SMILES string of the molecule is CCOC(=O)C1=C(C)N=c2s/c(=C\c3cc(Br)c(OCC#N)c(OC)c3)c(=O)n2[C@@H]1c1ccc(OC(C)C)c(OC)c1. The molecule has 1 aliphatic rings. The van der Waals surface area contributed by atoms with E-state index in [4.69, 9.17) is 28.9 Å². The number of rotatable bonds is 10. The normalized spacial score (nSPS) is 14.6. The number of fused-ring (bicyclic) bond motifs is 1. The van der Waals surface area contributed by atoms with Gasteiger partial charge in [0.05, 0.1) is 53.2 Å². The largest absolute Gasteiger partial charge is 0.493 e. The highest BCUT2D eigenvalue weighted by molar-refractivity contribution is 9.10. The number of hydrogen-bond donors (Lipinski definition) is 0. The summed E-state index contributed by atoms with van der Waals surface area (Å²) in [5, 5.41) is 8.90. The topological polar surface area (TPSA) is 121 Å². The Labute approximate surface area is 255 Å². The van der Waals surface area contributed by atoms with Crippen LogP contribution in [0.25, 0.3) is 6.08 Å². The number of halogens is 1. The minimum absolute atomic E-state index is 0.0784. The Morgan fingerprint density at radius 1 is 1.19 bits per heavy atom. The van der Waals surface area contributed by atoms with Gasteiger partial charge in [0, 0.05) is 0 Å². The van der Waals surface area contributed by atoms with Gasteiger partial charge in [0.1, 0.15) is 6.07 Å². The summed E-state index contributed by atoms with van der Waals surface area (Å²) >= 11 is 4.67. The van der Waals surface area contributed by atoms with E-state index in [0.717, 1.165) is 0 Å². The number of carbonyl (C=O) groups is 1. The lowest BCUT2D eigenvalue weighted by Gasteiger charge is -2.25. The molecule has 0 amide bonds. The molecule has 0 unspecified atom stereocenters. The molecule has 0 bridgehead atoms. The molecule has 12 heteroatoms. The summed E-state index contributed by atoms with van der Waals surface area (Å²) in [7, 11) is 3.03. The van der Waals surface area contributed by atoms with Crippen molar-refractivity contribution in [2.75, 3.05) is 27.4 Å². The average molecular weight is 657 g/mol. The van der Waals surface area contributed by atoms with Crippen LogP contribution < -0.4 is 33.8 Å². The lowest BCUT2D eigenvalue weighted by molar-refractivity contribution is -0.139. The van der Waals surface area contributed by atoms with Gasteiger partial charge in [0.2, 0.25) is 0 Å². The molecule has 42 heavy (non-hydrogen) atoms. The molecule has 220 valence electrons. The lowest BCUT2D eigenvalue weighted by atomic mass is 9.95. The molecule has 0 saturated carbocycles. The molecule has 0 N–H and O–H groups in total. The average Bonchev–Trinajstić information content (AvgIpc) is 3.25. The summed E-state index contributed by atoms with van der Waals surface area (Å²) in [6.45, 7) is 7.30. The van der Waals surface area contributed by atoms with Crippen molar-refractivity contribution in [2.24, 2.45) is 4.99 Å². The molecule has 4 rings (SSSR count). The smallest absolute Gasteiger partial charge is 0.338 e. The molecule has 0 saturated heterocycles. The van der Waals surface area contributed by atoms with Gasteiger partial charge in [-0.15, -0.1) is 0 Å². The minimum Gasteiger partial charge on any atom is -0.493 e. The molecule has 0 spiro atoms. The number of methoxy groups -OCH3 is 2. The monoisotopic (exact) mass is 655 g/mol. The Morgan fingerprint density at radius 2 is 1.93 bits per heavy atom. The van der Waals surface area contributed by atoms with Gasteiger partial charge in [0.25, 0.3) is 5.56 Å². The Morgan fingerprint density at radius 3 is 2.57 bits per heavy atom. The maximum atomic E-state index is 14.0. The van der Waals surface area contributed by atoms with Crippen LogP contribution in [0.4, 0.5) is 0 Å². The fourth-order valence-corrected chi connectivity index (χ4v) is 6.15. The van der Waals surface area contributed by atoms with Crippen molar-refractivity contribution < 1.29 is 28.5 Å². The molecular weight excluding hydrogens is 626 g/mol. The molecule has 0 radical (unpaired) electrons. The summed E-state index contributed by atoms with van der Waals surface area (Å²) in [5.41, 5.74) is 1.67. The summed E-state index contributed by atoms with van der Waals surface area (Å²) in [4.78, 5) is 32.3. The molecule has 2 aromatic carbocycles. The van der Waals surface area contributed by atoms with E-state index in [9.17, 15) is 9.59 Å². The van der Waals surface area contributed by atoms with E-state index in [2.05, 4.69) is 20.9 Å². The Kier molecular flexibility index (Phi) is 9.75. The van der Waals surface area contributed by atoms with Crippen LogP contribution in [0.3, 0.4) is 0 Å². The standard InChI is InChI=1S/C30H30BrN3O7S/c1-7-39-29(36)25-17(4)33-30-34(26(25)19-8-9-21(41-16(2)3)22(15-19)37-5)28(35)24(42-30)14-18-12-20(31)27(40-11-10-32)23(13-18)38-6/h8-9,12-16,26H,7,11H2,1-6H3/b24-14-/t26-/m1/s1. The first-order valence-electron chi connectivity index (χ1n) is 13.0. The highest BCUT2D eigenvalue weighted by atomic mass is 79.9. The summed E-state index contributed by atoms with van der Waals surface area (Å²) < 4.78 is 30.3. The van der Waals surface area contributed by atoms with Crippen molar-refractivity contribution in [3.63, 3.8) is 0 Å². The van der Waals surface area contributed by atoms with E-state index in [-0.39, 0.29) is 30.5 Å². The van der Waals surface area contributed by atoms with Crippen LogP contribution in [0.15, 0.2) is 55.9 Å². The minimum atomic E-state index is -0.813. The fraction of sp³-hybridized carbons (Fsp3) is 0.333. The molecule has 1 aromatic heterocycles. The number of benzene rings is 2. The van der Waals surface area contributed by atoms with Gasteiger partial charge in [-0.1, -0.05) is 17.4 Å². The van der Waals surface area contributed by atoms with Gasteiger partial charge in [-0.25, -0.2) is 9.79 Å². The number of esters is 1. The predicted octanol–water partition coefficient (Wildman–Crippen LogP) is 4.27. The number of thiazole rings is 1. The van der Waals surface area contributed by atoms with Crippen LogP contribution in [-0.2, 0) is 9.53 Å². The summed E-state index contributed by atoms with van der Waals surface area (Å²) in [6.07, 6.45) is 1.64. The molecule has 0 aliphatic carbocycles. The zero-order valence-electron chi connectivity index (χ0n) is 24.0. The number of nitriles is 1. The van der Waals surface area contributed by atoms with E-state index >= 15 is 0 Å². The Balaban J connectivity index is 1.92. The quantitative estimate of drug-likeness (QED) is 0.297. The molecular formula is C30H30BrN3O7S. The summed E-state index contributed by atoms with van der Waals surface area (Å²) in [5.74, 6) is 1.24. The maximum Gasteiger partial charge on any atom is 0.338 e. The van der Waals surface area contributed by atoms with Crippen LogP contribution in [0, 0.1) is 11.3 Å². The molecule has 1 atom stereocenters. The Bertz CT molecular complexity index is 1770. The lowest BCUT2D eigenvalue weighted by Crippen LogP contribution is -2.40. The second-order valence-electron chi connectivity index (χ2n) is 9.36. The van der Waals surface area contributed by atoms with E-state index in [1.165, 1.54) is 30.1 Å². The van der Waals surface area contributed by atoms with Crippen LogP contribution >= 0.6 is 27.3 Å². The summed E-state index contributed by atoms with van der Waals surface area (Å²) in [6, 6.07) is 9.93. The van der Waals surface area contributed by atoms with E-state index in [1.54, 1.807) is 44.2 Å². The number of aromatic nitrogens is 1. The van der Waals surface area contributed by atoms with Crippen molar-refractivity contribution in [1.82, 2.24) is 4.57 Å². The van der Waals surface area contributed by atoms with Crippen LogP contribution in [-0.4, -0.2) is 44.1 Å². The van der Waals surface area contributed by atoms with Gasteiger partial charge in [0.15, 0.2) is 34.4 Å². The maximum absolute atomic E-state index is 14.0. The van der Waals surface area contributed by atoms with E-state index < -0.39 is 12.0 Å². The first-order valence-corrected chi connectivity index (χ1v) is 14.7. The van der Waals surface area contributed by atoms with Gasteiger partial charge in [-0.05, 0) is 85.1 Å². The molecule has 1 aliphatic heterocycles. The van der Waals surface area contributed by atoms with Crippen molar-refractivity contribution in [3.8, 4) is 29.1 Å². The first-order chi connectivity index (χ1) is 20.1. The van der Waals surface area contributed by atoms with Crippen molar-refractivity contribution >= 4 is 39.3 Å². The third-order valence-electron chi connectivity index (χ3n) is 6.21. The fourth-order valence-electron chi connectivity index (χ4n) is 4.53. The molecule has 0 fully saturated rings. The second-order valence-corrected chi connectivity index (χ2v) is 11.2. The van der Waals surface area contributed by atoms with Crippen molar-refractivity contribution in [1.29, 1.82) is 5.26 Å². The molecule has 3 aromatic rings. The first kappa shape index (κ1) is 30.9. The number of hydrogen-bond acceptors (Lipinski definition) is 10. The van der Waals surface area contributed by atoms with Gasteiger partial charge in [-0.3, -0.25) is 9.36 Å². The van der Waals surface area contributed by atoms with Crippen LogP contribution in [0.1, 0.15) is 44.9 Å². The van der Waals surface area contributed by atoms with Gasteiger partial charge < -0.3 is 23.7 Å². The third-order valence-corrected chi connectivity index (χ3v) is 7.79. The van der Waals surface area contributed by atoms with E-state index in [1.807, 2.05) is 26.0 Å². The van der Waals surface area contributed by atoms with Crippen molar-refractivity contribution in [3.05, 3.63) is 76.9 Å². The van der Waals surface area contributed by atoms with Gasteiger partial charge >= 0.3 is 5.97 Å². The number of allylic oxidation sites excluding steroid dienone is 1. The number of ether oxygens (including phenoxy) is 5. The second kappa shape index (κ2) is 13.3. The Hall–Kier alpha value is -4.08. The molecule has 10 nitrogen and oxygen atoms in total. The zero-order valence-corrected chi connectivity index (χ0v) is 26.4. The highest BCUT2D eigenvalue weighted by Gasteiger charge is 2.34. The zero-order chi connectivity index (χ0) is 30.6. The van der Waals surface area contributed by atoms with Gasteiger partial charge in [-0.2, -0.15) is 5.26 Å². The number of nitrogens with zero attached hydrogens (tertiary/aromatic N) is 3. The van der Waals surface area contributed by atoms with Crippen LogP contribution in [0.2, 0.25) is 0 Å². The number of carbonyl (C=O) groups excluding carboxylic acids is 1. The van der Waals surface area contributed by atoms with E-state index in [0.29, 0.717) is 53.6 Å². The van der Waals surface area contributed by atoms with Crippen molar-refractivity contribution in [2.45, 2.75) is 39.8 Å². The molecule has 2 heterocycles. The predicted molar refractivity (Wildman–Crippen MR) is 161 cm³/mol. The van der Waals surface area contributed by atoms with Crippen LogP contribution in [0.5, 0.6) is 23.0 Å². The third kappa shape index (κ3) is 6.22. The highest BCUT2D eigenvalue weighted by Crippen LogP contribution is 2.38.